The number of ether oxygens (including phenoxy) is 1. The molecule has 1 aromatic carbocycles. The fourth-order valence-corrected chi connectivity index (χ4v) is 2.01. The van der Waals surface area contributed by atoms with E-state index in [2.05, 4.69) is 10.1 Å². The summed E-state index contributed by atoms with van der Waals surface area (Å²) in [6.45, 7) is 0.0141. The predicted molar refractivity (Wildman–Crippen MR) is 69.0 cm³/mol. The first-order valence-corrected chi connectivity index (χ1v) is 6.50. The van der Waals surface area contributed by atoms with E-state index in [9.17, 15) is 4.79 Å². The summed E-state index contributed by atoms with van der Waals surface area (Å²) in [5.74, 6) is 0.365. The number of hydrogen-bond donors (Lipinski definition) is 1. The number of rotatable bonds is 5. The van der Waals surface area contributed by atoms with Crippen LogP contribution in [0.2, 0.25) is 5.02 Å². The molecule has 104 valence electrons. The zero-order chi connectivity index (χ0) is 14.1. The summed E-state index contributed by atoms with van der Waals surface area (Å²) in [6.07, 6.45) is 2.13. The van der Waals surface area contributed by atoms with Gasteiger partial charge >= 0.3 is 5.97 Å². The quantitative estimate of drug-likeness (QED) is 0.912. The Balaban J connectivity index is 1.75. The third-order valence-electron chi connectivity index (χ3n) is 2.95. The highest BCUT2D eigenvalue weighted by Crippen LogP contribution is 2.39. The van der Waals surface area contributed by atoms with E-state index >= 15 is 0 Å². The average molecular weight is 295 g/mol. The summed E-state index contributed by atoms with van der Waals surface area (Å²) in [5.41, 5.74) is 0.00316. The van der Waals surface area contributed by atoms with E-state index in [4.69, 9.17) is 26.0 Å². The molecule has 0 amide bonds. The summed E-state index contributed by atoms with van der Waals surface area (Å²) in [4.78, 5) is 15.3. The van der Waals surface area contributed by atoms with E-state index in [1.807, 2.05) is 0 Å². The molecular weight excluding hydrogens is 284 g/mol. The Morgan fingerprint density at radius 2 is 2.30 bits per heavy atom. The number of para-hydroxylation sites is 1. The lowest BCUT2D eigenvalue weighted by Gasteiger charge is -2.08. The number of halogens is 1. The van der Waals surface area contributed by atoms with E-state index in [0.717, 1.165) is 12.8 Å². The Morgan fingerprint density at radius 1 is 1.50 bits per heavy atom. The fraction of sp³-hybridized carbons (Fsp3) is 0.308. The maximum absolute atomic E-state index is 11.1. The monoisotopic (exact) mass is 294 g/mol. The van der Waals surface area contributed by atoms with Gasteiger partial charge in [0, 0.05) is 5.92 Å². The molecule has 1 aliphatic rings. The summed E-state index contributed by atoms with van der Waals surface area (Å²) in [5, 5.41) is 13.1. The lowest BCUT2D eigenvalue weighted by molar-refractivity contribution is 0.0691. The molecule has 0 radical (unpaired) electrons. The van der Waals surface area contributed by atoms with Gasteiger partial charge in [-0.3, -0.25) is 0 Å². The number of carbonyl (C=O) groups is 1. The van der Waals surface area contributed by atoms with Crippen molar-refractivity contribution in [2.45, 2.75) is 25.4 Å². The molecule has 1 saturated carbocycles. The van der Waals surface area contributed by atoms with Gasteiger partial charge < -0.3 is 14.4 Å². The smallest absolute Gasteiger partial charge is 0.339 e. The van der Waals surface area contributed by atoms with Crippen molar-refractivity contribution in [1.82, 2.24) is 10.1 Å². The van der Waals surface area contributed by atoms with Gasteiger partial charge in [-0.15, -0.1) is 0 Å². The molecule has 2 aromatic rings. The molecule has 0 unspecified atom stereocenters. The molecule has 3 rings (SSSR count). The van der Waals surface area contributed by atoms with Crippen LogP contribution in [0.5, 0.6) is 5.75 Å². The zero-order valence-electron chi connectivity index (χ0n) is 10.4. The number of hydrogen-bond acceptors (Lipinski definition) is 5. The number of aromatic nitrogens is 2. The first kappa shape index (κ1) is 12.9. The maximum atomic E-state index is 11.1. The van der Waals surface area contributed by atoms with Gasteiger partial charge in [-0.1, -0.05) is 22.8 Å². The molecule has 1 N–H and O–H groups in total. The van der Waals surface area contributed by atoms with Crippen LogP contribution >= 0.6 is 11.6 Å². The second kappa shape index (κ2) is 5.13. The van der Waals surface area contributed by atoms with Crippen LogP contribution in [0.25, 0.3) is 0 Å². The van der Waals surface area contributed by atoms with Crippen molar-refractivity contribution in [3.63, 3.8) is 0 Å². The minimum absolute atomic E-state index is 0.00316. The van der Waals surface area contributed by atoms with Crippen molar-refractivity contribution in [3.8, 4) is 5.75 Å². The van der Waals surface area contributed by atoms with Gasteiger partial charge in [0.1, 0.15) is 5.56 Å². The zero-order valence-corrected chi connectivity index (χ0v) is 11.1. The first-order chi connectivity index (χ1) is 9.65. The van der Waals surface area contributed by atoms with Crippen molar-refractivity contribution in [2.75, 3.05) is 0 Å². The summed E-state index contributed by atoms with van der Waals surface area (Å²) in [7, 11) is 0. The molecule has 1 heterocycles. The molecule has 20 heavy (non-hydrogen) atoms. The van der Waals surface area contributed by atoms with Crippen LogP contribution in [0.15, 0.2) is 22.7 Å². The Kier molecular flexibility index (Phi) is 3.31. The number of nitrogens with zero attached hydrogens (tertiary/aromatic N) is 2. The van der Waals surface area contributed by atoms with Crippen LogP contribution in [0.1, 0.15) is 40.8 Å². The van der Waals surface area contributed by atoms with Gasteiger partial charge in [0.05, 0.1) is 5.02 Å². The summed E-state index contributed by atoms with van der Waals surface area (Å²) < 4.78 is 10.5. The molecule has 7 heteroatoms. The highest BCUT2D eigenvalue weighted by Gasteiger charge is 2.29. The Labute approximate surface area is 119 Å². The minimum Gasteiger partial charge on any atom is -0.483 e. The number of carboxylic acid groups (broad SMARTS) is 1. The van der Waals surface area contributed by atoms with Crippen LogP contribution in [0.4, 0.5) is 0 Å². The third-order valence-corrected chi connectivity index (χ3v) is 3.25. The van der Waals surface area contributed by atoms with E-state index in [0.29, 0.717) is 17.6 Å². The predicted octanol–water partition coefficient (Wildman–Crippen LogP) is 2.88. The maximum Gasteiger partial charge on any atom is 0.339 e. The molecule has 0 aliphatic heterocycles. The Hall–Kier alpha value is -2.08. The second-order valence-electron chi connectivity index (χ2n) is 4.53. The van der Waals surface area contributed by atoms with Crippen LogP contribution in [-0.2, 0) is 6.61 Å². The molecule has 0 atom stereocenters. The highest BCUT2D eigenvalue weighted by atomic mass is 35.5. The molecule has 0 spiro atoms. The van der Waals surface area contributed by atoms with Gasteiger partial charge in [-0.25, -0.2) is 4.79 Å². The SMILES string of the molecule is O=C(O)c1cccc(Cl)c1OCc1noc(C2CC2)n1. The van der Waals surface area contributed by atoms with Gasteiger partial charge in [0.15, 0.2) is 12.4 Å². The van der Waals surface area contributed by atoms with Gasteiger partial charge in [0.25, 0.3) is 0 Å². The standard InChI is InChI=1S/C13H11ClN2O4/c14-9-3-1-2-8(13(17)18)11(9)19-6-10-15-12(20-16-10)7-4-5-7/h1-3,7H,4-6H2,(H,17,18). The Bertz CT molecular complexity index is 652. The number of benzene rings is 1. The second-order valence-corrected chi connectivity index (χ2v) is 4.94. The molecule has 1 aliphatic carbocycles. The lowest BCUT2D eigenvalue weighted by atomic mass is 10.2. The molecule has 1 aromatic heterocycles. The minimum atomic E-state index is -1.10. The van der Waals surface area contributed by atoms with Crippen molar-refractivity contribution in [2.24, 2.45) is 0 Å². The first-order valence-electron chi connectivity index (χ1n) is 6.12. The van der Waals surface area contributed by atoms with E-state index in [-0.39, 0.29) is 22.9 Å². The Morgan fingerprint density at radius 3 is 3.00 bits per heavy atom. The largest absolute Gasteiger partial charge is 0.483 e. The van der Waals surface area contributed by atoms with Crippen LogP contribution < -0.4 is 4.74 Å². The van der Waals surface area contributed by atoms with Crippen molar-refractivity contribution < 1.29 is 19.2 Å². The average Bonchev–Trinajstić information content (AvgIpc) is 3.16. The molecule has 0 saturated heterocycles. The fourth-order valence-electron chi connectivity index (χ4n) is 1.78. The molecule has 1 fully saturated rings. The molecule has 6 nitrogen and oxygen atoms in total. The highest BCUT2D eigenvalue weighted by molar-refractivity contribution is 6.32. The lowest BCUT2D eigenvalue weighted by Crippen LogP contribution is -2.05. The summed E-state index contributed by atoms with van der Waals surface area (Å²) >= 11 is 5.95. The van der Waals surface area contributed by atoms with E-state index < -0.39 is 5.97 Å². The van der Waals surface area contributed by atoms with Crippen LogP contribution in [-0.4, -0.2) is 21.2 Å². The van der Waals surface area contributed by atoms with Crippen molar-refractivity contribution in [1.29, 1.82) is 0 Å². The van der Waals surface area contributed by atoms with Gasteiger partial charge in [-0.05, 0) is 25.0 Å². The van der Waals surface area contributed by atoms with E-state index in [1.54, 1.807) is 12.1 Å². The normalized spacial score (nSPS) is 14.2. The molecular formula is C13H11ClN2O4. The van der Waals surface area contributed by atoms with Gasteiger partial charge in [0.2, 0.25) is 11.7 Å². The van der Waals surface area contributed by atoms with Crippen molar-refractivity contribution in [3.05, 3.63) is 40.5 Å². The van der Waals surface area contributed by atoms with Crippen LogP contribution in [0.3, 0.4) is 0 Å². The van der Waals surface area contributed by atoms with Crippen molar-refractivity contribution >= 4 is 17.6 Å². The number of carboxylic acids is 1. The molecule has 0 bridgehead atoms. The van der Waals surface area contributed by atoms with Gasteiger partial charge in [-0.2, -0.15) is 4.98 Å². The van der Waals surface area contributed by atoms with E-state index in [1.165, 1.54) is 6.07 Å². The summed E-state index contributed by atoms with van der Waals surface area (Å²) in [6, 6.07) is 4.54. The topological polar surface area (TPSA) is 85.5 Å². The van der Waals surface area contributed by atoms with Crippen LogP contribution in [0, 0.1) is 0 Å². The third kappa shape index (κ3) is 2.60. The number of aromatic carboxylic acids is 1.